The van der Waals surface area contributed by atoms with Gasteiger partial charge in [-0.05, 0) is 43.2 Å². The number of carbonyl (C=O) groups excluding carboxylic acids is 2. The highest BCUT2D eigenvalue weighted by Gasteiger charge is 2.37. The Labute approximate surface area is 199 Å². The maximum atomic E-state index is 13.1. The lowest BCUT2D eigenvalue weighted by molar-refractivity contribution is -0.147. The van der Waals surface area contributed by atoms with Gasteiger partial charge in [0.05, 0.1) is 18.4 Å². The first-order valence-electron chi connectivity index (χ1n) is 11.5. The summed E-state index contributed by atoms with van der Waals surface area (Å²) in [5.41, 5.74) is 3.14. The van der Waals surface area contributed by atoms with E-state index >= 15 is 0 Å². The smallest absolute Gasteiger partial charge is 0.341 e. The average molecular weight is 472 g/mol. The highest BCUT2D eigenvalue weighted by Crippen LogP contribution is 2.42. The molecule has 1 aliphatic rings. The molecule has 0 radical (unpaired) electrons. The van der Waals surface area contributed by atoms with E-state index < -0.39 is 23.8 Å². The average Bonchev–Trinajstić information content (AvgIpc) is 3.08. The molecule has 1 aliphatic carbocycles. The maximum absolute atomic E-state index is 13.1. The molecule has 0 bridgehead atoms. The number of aryl methyl sites for hydroxylation is 1. The molecule has 0 aliphatic heterocycles. The van der Waals surface area contributed by atoms with Gasteiger partial charge in [0.15, 0.2) is 0 Å². The highest BCUT2D eigenvalue weighted by molar-refractivity contribution is 7.17. The maximum Gasteiger partial charge on any atom is 0.341 e. The fourth-order valence-electron chi connectivity index (χ4n) is 4.46. The number of rotatable bonds is 6. The van der Waals surface area contributed by atoms with Crippen molar-refractivity contribution < 1.29 is 24.2 Å². The molecule has 1 heterocycles. The number of esters is 1. The number of amides is 1. The molecule has 178 valence electrons. The van der Waals surface area contributed by atoms with Crippen molar-refractivity contribution in [2.24, 2.45) is 11.8 Å². The van der Waals surface area contributed by atoms with Gasteiger partial charge in [0.1, 0.15) is 10.6 Å². The molecule has 0 unspecified atom stereocenters. The summed E-state index contributed by atoms with van der Waals surface area (Å²) in [6, 6.07) is 8.09. The van der Waals surface area contributed by atoms with Crippen LogP contribution in [-0.4, -0.2) is 29.6 Å². The molecular weight excluding hydrogens is 438 g/mol. The Bertz CT molecular complexity index is 1030. The second-order valence-corrected chi connectivity index (χ2v) is 10.8. The number of carboxylic acids is 1. The van der Waals surface area contributed by atoms with Gasteiger partial charge in [0, 0.05) is 10.4 Å². The molecule has 1 amide bonds. The molecule has 1 fully saturated rings. The van der Waals surface area contributed by atoms with Gasteiger partial charge >= 0.3 is 11.9 Å². The third kappa shape index (κ3) is 5.46. The van der Waals surface area contributed by atoms with Crippen LogP contribution in [0.3, 0.4) is 0 Å². The van der Waals surface area contributed by atoms with Crippen LogP contribution >= 0.6 is 11.3 Å². The first-order chi connectivity index (χ1) is 15.5. The molecular formula is C26H33NO5S. The quantitative estimate of drug-likeness (QED) is 0.502. The van der Waals surface area contributed by atoms with Crippen molar-refractivity contribution in [3.05, 3.63) is 40.3 Å². The van der Waals surface area contributed by atoms with E-state index in [1.165, 1.54) is 16.9 Å². The van der Waals surface area contributed by atoms with E-state index in [4.69, 9.17) is 4.74 Å². The second kappa shape index (κ2) is 10.1. The zero-order valence-electron chi connectivity index (χ0n) is 20.0. The minimum atomic E-state index is -0.942. The lowest BCUT2D eigenvalue weighted by atomic mass is 9.78. The van der Waals surface area contributed by atoms with Gasteiger partial charge < -0.3 is 15.2 Å². The summed E-state index contributed by atoms with van der Waals surface area (Å²) in [5.74, 6) is -3.09. The Hall–Kier alpha value is -2.67. The molecule has 0 spiro atoms. The topological polar surface area (TPSA) is 92.7 Å². The zero-order valence-corrected chi connectivity index (χ0v) is 20.8. The van der Waals surface area contributed by atoms with E-state index in [-0.39, 0.29) is 17.9 Å². The van der Waals surface area contributed by atoms with Crippen LogP contribution in [0.15, 0.2) is 24.3 Å². The number of carbonyl (C=O) groups is 3. The molecule has 33 heavy (non-hydrogen) atoms. The number of benzene rings is 1. The van der Waals surface area contributed by atoms with Crippen LogP contribution in [0.25, 0.3) is 11.1 Å². The fourth-order valence-corrected chi connectivity index (χ4v) is 5.53. The number of hydrogen-bond donors (Lipinski definition) is 2. The predicted octanol–water partition coefficient (Wildman–Crippen LogP) is 6.03. The van der Waals surface area contributed by atoms with Gasteiger partial charge in [-0.25, -0.2) is 4.79 Å². The van der Waals surface area contributed by atoms with Crippen LogP contribution in [0.5, 0.6) is 0 Å². The minimum Gasteiger partial charge on any atom is -0.481 e. The molecule has 1 aromatic carbocycles. The van der Waals surface area contributed by atoms with E-state index in [1.807, 2.05) is 19.1 Å². The number of aliphatic carboxylic acids is 1. The van der Waals surface area contributed by atoms with E-state index in [1.54, 1.807) is 6.92 Å². The van der Waals surface area contributed by atoms with Crippen molar-refractivity contribution in [2.45, 2.75) is 65.7 Å². The molecule has 1 aromatic heterocycles. The fraction of sp³-hybridized carbons (Fsp3) is 0.500. The Morgan fingerprint density at radius 3 is 2.24 bits per heavy atom. The van der Waals surface area contributed by atoms with E-state index in [0.717, 1.165) is 28.8 Å². The first kappa shape index (κ1) is 25.0. The summed E-state index contributed by atoms with van der Waals surface area (Å²) in [7, 11) is 0. The number of hydrogen-bond acceptors (Lipinski definition) is 5. The van der Waals surface area contributed by atoms with Crippen LogP contribution in [0.2, 0.25) is 0 Å². The summed E-state index contributed by atoms with van der Waals surface area (Å²) < 4.78 is 5.33. The number of nitrogens with one attached hydrogen (secondary N) is 1. The Balaban J connectivity index is 2.00. The predicted molar refractivity (Wildman–Crippen MR) is 131 cm³/mol. The van der Waals surface area contributed by atoms with Crippen molar-refractivity contribution in [1.82, 2.24) is 0 Å². The zero-order chi connectivity index (χ0) is 24.3. The molecule has 1 saturated carbocycles. The molecule has 2 atom stereocenters. The molecule has 0 saturated heterocycles. The number of thiophene rings is 1. The second-order valence-electron chi connectivity index (χ2n) is 9.61. The van der Waals surface area contributed by atoms with Crippen LogP contribution in [0, 0.1) is 18.8 Å². The summed E-state index contributed by atoms with van der Waals surface area (Å²) >= 11 is 1.32. The van der Waals surface area contributed by atoms with Gasteiger partial charge in [0.2, 0.25) is 5.91 Å². The first-order valence-corrected chi connectivity index (χ1v) is 12.3. The number of ether oxygens (including phenoxy) is 1. The van der Waals surface area contributed by atoms with Gasteiger partial charge in [-0.2, -0.15) is 0 Å². The van der Waals surface area contributed by atoms with Crippen LogP contribution in [0.4, 0.5) is 5.00 Å². The van der Waals surface area contributed by atoms with E-state index in [9.17, 15) is 19.5 Å². The number of anilines is 1. The van der Waals surface area contributed by atoms with Crippen molar-refractivity contribution in [2.75, 3.05) is 11.9 Å². The molecule has 2 N–H and O–H groups in total. The normalized spacial score (nSPS) is 18.6. The lowest BCUT2D eigenvalue weighted by Crippen LogP contribution is -2.36. The minimum absolute atomic E-state index is 0.00596. The van der Waals surface area contributed by atoms with Gasteiger partial charge in [-0.3, -0.25) is 9.59 Å². The summed E-state index contributed by atoms with van der Waals surface area (Å²) in [5, 5.41) is 12.9. The van der Waals surface area contributed by atoms with Crippen LogP contribution in [-0.2, 0) is 19.7 Å². The highest BCUT2D eigenvalue weighted by atomic mass is 32.1. The van der Waals surface area contributed by atoms with Crippen LogP contribution in [0.1, 0.15) is 74.2 Å². The van der Waals surface area contributed by atoms with Gasteiger partial charge in [-0.1, -0.05) is 57.9 Å². The Kier molecular flexibility index (Phi) is 7.62. The van der Waals surface area contributed by atoms with Crippen molar-refractivity contribution in [1.29, 1.82) is 0 Å². The Morgan fingerprint density at radius 2 is 1.70 bits per heavy atom. The van der Waals surface area contributed by atoms with Crippen molar-refractivity contribution >= 4 is 34.2 Å². The van der Waals surface area contributed by atoms with E-state index in [2.05, 4.69) is 38.2 Å². The SMILES string of the molecule is CCOC(=O)c1c(NC(=O)[C@H]2CCCC[C@H]2C(=O)O)sc(C)c1-c1ccc(C(C)(C)C)cc1. The lowest BCUT2D eigenvalue weighted by Gasteiger charge is -2.27. The number of carboxylic acid groups (broad SMARTS) is 1. The van der Waals surface area contributed by atoms with Gasteiger partial charge in [-0.15, -0.1) is 11.3 Å². The molecule has 2 aromatic rings. The summed E-state index contributed by atoms with van der Waals surface area (Å²) in [4.78, 5) is 38.6. The standard InChI is InChI=1S/C26H33NO5S/c1-6-32-25(31)21-20(16-11-13-17(14-12-16)26(3,4)5)15(2)33-23(21)27-22(28)18-9-7-8-10-19(18)24(29)30/h11-14,18-19H,6-10H2,1-5H3,(H,27,28)(H,29,30)/t18-,19+/m0/s1. The van der Waals surface area contributed by atoms with E-state index in [0.29, 0.717) is 23.4 Å². The van der Waals surface area contributed by atoms with Crippen molar-refractivity contribution in [3.63, 3.8) is 0 Å². The molecule has 3 rings (SSSR count). The van der Waals surface area contributed by atoms with Crippen LogP contribution < -0.4 is 5.32 Å². The summed E-state index contributed by atoms with van der Waals surface area (Å²) in [6.07, 6.45) is 2.65. The third-order valence-corrected chi connectivity index (χ3v) is 7.28. The molecule has 6 nitrogen and oxygen atoms in total. The summed E-state index contributed by atoms with van der Waals surface area (Å²) in [6.45, 7) is 10.3. The van der Waals surface area contributed by atoms with Gasteiger partial charge in [0.25, 0.3) is 0 Å². The van der Waals surface area contributed by atoms with Crippen molar-refractivity contribution in [3.8, 4) is 11.1 Å². The Morgan fingerprint density at radius 1 is 1.09 bits per heavy atom. The largest absolute Gasteiger partial charge is 0.481 e. The molecule has 7 heteroatoms. The monoisotopic (exact) mass is 471 g/mol. The third-order valence-electron chi connectivity index (χ3n) is 6.26.